The van der Waals surface area contributed by atoms with E-state index in [0.717, 1.165) is 11.3 Å². The highest BCUT2D eigenvalue weighted by atomic mass is 16.5. The molecular weight excluding hydrogens is 300 g/mol. The number of hydrogen-bond donors (Lipinski definition) is 0. The molecule has 0 radical (unpaired) electrons. The summed E-state index contributed by atoms with van der Waals surface area (Å²) in [4.78, 5) is 12.0. The molecule has 0 spiro atoms. The summed E-state index contributed by atoms with van der Waals surface area (Å²) in [7, 11) is 1.71. The fraction of sp³-hybridized carbons (Fsp3) is 0.667. The van der Waals surface area contributed by atoms with E-state index in [9.17, 15) is 4.79 Å². The molecule has 0 saturated carbocycles. The zero-order valence-electron chi connectivity index (χ0n) is 16.9. The van der Waals surface area contributed by atoms with Gasteiger partial charge in [0.2, 0.25) is 0 Å². The van der Waals surface area contributed by atoms with Crippen LogP contribution in [0.15, 0.2) is 12.1 Å². The standard InChI is InChI=1S/C21H34O3/c1-10-24-19(22)14(2)11-15-12-16(20(3,4)5)13-17(18(15)23-9)21(6,7)8/h12-14H,10-11H2,1-9H3. The van der Waals surface area contributed by atoms with Crippen LogP contribution >= 0.6 is 0 Å². The highest BCUT2D eigenvalue weighted by molar-refractivity contribution is 5.72. The Morgan fingerprint density at radius 3 is 2.08 bits per heavy atom. The van der Waals surface area contributed by atoms with E-state index >= 15 is 0 Å². The first-order valence-corrected chi connectivity index (χ1v) is 8.80. The summed E-state index contributed by atoms with van der Waals surface area (Å²) in [5.74, 6) is 0.548. The van der Waals surface area contributed by atoms with Crippen LogP contribution in [0.1, 0.15) is 72.1 Å². The summed E-state index contributed by atoms with van der Waals surface area (Å²) in [6, 6.07) is 4.43. The normalized spacial score (nSPS) is 13.5. The Hall–Kier alpha value is -1.51. The predicted molar refractivity (Wildman–Crippen MR) is 99.9 cm³/mol. The van der Waals surface area contributed by atoms with E-state index in [0.29, 0.717) is 13.0 Å². The van der Waals surface area contributed by atoms with Gasteiger partial charge in [-0.3, -0.25) is 4.79 Å². The first kappa shape index (κ1) is 20.5. The maximum absolute atomic E-state index is 12.0. The summed E-state index contributed by atoms with van der Waals surface area (Å²) in [6.07, 6.45) is 0.620. The number of carbonyl (C=O) groups excluding carboxylic acids is 1. The molecule has 3 heteroatoms. The van der Waals surface area contributed by atoms with E-state index < -0.39 is 0 Å². The zero-order valence-corrected chi connectivity index (χ0v) is 16.9. The van der Waals surface area contributed by atoms with Crippen molar-refractivity contribution in [2.45, 2.75) is 72.6 Å². The molecule has 1 aromatic rings. The van der Waals surface area contributed by atoms with E-state index in [4.69, 9.17) is 9.47 Å². The maximum atomic E-state index is 12.0. The van der Waals surface area contributed by atoms with Crippen molar-refractivity contribution in [1.29, 1.82) is 0 Å². The van der Waals surface area contributed by atoms with Crippen molar-refractivity contribution >= 4 is 5.97 Å². The summed E-state index contributed by atoms with van der Waals surface area (Å²) in [6.45, 7) is 17.4. The van der Waals surface area contributed by atoms with E-state index in [1.54, 1.807) is 7.11 Å². The number of carbonyl (C=O) groups is 1. The van der Waals surface area contributed by atoms with Crippen LogP contribution in [0.5, 0.6) is 5.75 Å². The van der Waals surface area contributed by atoms with Gasteiger partial charge < -0.3 is 9.47 Å². The summed E-state index contributed by atoms with van der Waals surface area (Å²) in [5.41, 5.74) is 3.53. The van der Waals surface area contributed by atoms with E-state index in [-0.39, 0.29) is 22.7 Å². The highest BCUT2D eigenvalue weighted by Gasteiger charge is 2.27. The fourth-order valence-corrected chi connectivity index (χ4v) is 2.77. The minimum atomic E-state index is -0.193. The van der Waals surface area contributed by atoms with E-state index in [2.05, 4.69) is 53.7 Å². The monoisotopic (exact) mass is 334 g/mol. The molecule has 0 aliphatic heterocycles. The Balaban J connectivity index is 3.43. The molecular formula is C21H34O3. The van der Waals surface area contributed by atoms with Crippen LogP contribution in [0.2, 0.25) is 0 Å². The van der Waals surface area contributed by atoms with Crippen molar-refractivity contribution in [3.05, 3.63) is 28.8 Å². The Kier molecular flexibility index (Phi) is 6.49. The lowest BCUT2D eigenvalue weighted by atomic mass is 9.78. The quantitative estimate of drug-likeness (QED) is 0.708. The van der Waals surface area contributed by atoms with Crippen molar-refractivity contribution < 1.29 is 14.3 Å². The molecule has 0 aliphatic rings. The Morgan fingerprint density at radius 2 is 1.67 bits per heavy atom. The largest absolute Gasteiger partial charge is 0.496 e. The van der Waals surface area contributed by atoms with Crippen LogP contribution in [-0.4, -0.2) is 19.7 Å². The number of benzene rings is 1. The van der Waals surface area contributed by atoms with Gasteiger partial charge in [0, 0.05) is 5.56 Å². The third-order valence-electron chi connectivity index (χ3n) is 4.26. The smallest absolute Gasteiger partial charge is 0.308 e. The third kappa shape index (κ3) is 4.99. The molecule has 136 valence electrons. The van der Waals surface area contributed by atoms with Crippen molar-refractivity contribution in [2.75, 3.05) is 13.7 Å². The van der Waals surface area contributed by atoms with Gasteiger partial charge in [-0.25, -0.2) is 0 Å². The van der Waals surface area contributed by atoms with Crippen LogP contribution in [0.4, 0.5) is 0 Å². The molecule has 0 bridgehead atoms. The second-order valence-corrected chi connectivity index (χ2v) is 8.57. The molecule has 1 rings (SSSR count). The van der Waals surface area contributed by atoms with E-state index in [1.807, 2.05) is 13.8 Å². The minimum absolute atomic E-state index is 0.0332. The second kappa shape index (κ2) is 7.58. The Morgan fingerprint density at radius 1 is 1.08 bits per heavy atom. The SMILES string of the molecule is CCOC(=O)C(C)Cc1cc(C(C)(C)C)cc(C(C)(C)C)c1OC. The van der Waals surface area contributed by atoms with Gasteiger partial charge >= 0.3 is 5.97 Å². The average molecular weight is 335 g/mol. The lowest BCUT2D eigenvalue weighted by Crippen LogP contribution is -2.21. The number of ether oxygens (including phenoxy) is 2. The van der Waals surface area contributed by atoms with Gasteiger partial charge in [0.25, 0.3) is 0 Å². The van der Waals surface area contributed by atoms with Crippen LogP contribution in [-0.2, 0) is 26.8 Å². The number of methoxy groups -OCH3 is 1. The first-order valence-electron chi connectivity index (χ1n) is 8.80. The lowest BCUT2D eigenvalue weighted by molar-refractivity contribution is -0.147. The van der Waals surface area contributed by atoms with Gasteiger partial charge in [-0.2, -0.15) is 0 Å². The van der Waals surface area contributed by atoms with Crippen molar-refractivity contribution in [3.63, 3.8) is 0 Å². The molecule has 3 nitrogen and oxygen atoms in total. The fourth-order valence-electron chi connectivity index (χ4n) is 2.77. The van der Waals surface area contributed by atoms with Gasteiger partial charge in [-0.1, -0.05) is 60.6 Å². The van der Waals surface area contributed by atoms with Crippen LogP contribution in [0.25, 0.3) is 0 Å². The van der Waals surface area contributed by atoms with Crippen LogP contribution in [0.3, 0.4) is 0 Å². The Bertz CT molecular complexity index is 574. The second-order valence-electron chi connectivity index (χ2n) is 8.57. The molecule has 1 unspecified atom stereocenters. The number of hydrogen-bond acceptors (Lipinski definition) is 3. The van der Waals surface area contributed by atoms with Crippen LogP contribution < -0.4 is 4.74 Å². The molecule has 0 N–H and O–H groups in total. The van der Waals surface area contributed by atoms with Gasteiger partial charge in [0.1, 0.15) is 5.75 Å². The third-order valence-corrected chi connectivity index (χ3v) is 4.26. The molecule has 24 heavy (non-hydrogen) atoms. The molecule has 1 atom stereocenters. The van der Waals surface area contributed by atoms with E-state index in [1.165, 1.54) is 11.1 Å². The molecule has 0 saturated heterocycles. The summed E-state index contributed by atoms with van der Waals surface area (Å²) < 4.78 is 10.9. The topological polar surface area (TPSA) is 35.5 Å². The molecule has 0 heterocycles. The predicted octanol–water partition coefficient (Wildman–Crippen LogP) is 5.03. The number of esters is 1. The van der Waals surface area contributed by atoms with Gasteiger partial charge in [-0.05, 0) is 35.3 Å². The first-order chi connectivity index (χ1) is 10.9. The maximum Gasteiger partial charge on any atom is 0.308 e. The molecule has 1 aromatic carbocycles. The van der Waals surface area contributed by atoms with Crippen LogP contribution in [0, 0.1) is 5.92 Å². The average Bonchev–Trinajstić information content (AvgIpc) is 2.44. The molecule has 0 amide bonds. The molecule has 0 fully saturated rings. The zero-order chi connectivity index (χ0) is 18.7. The minimum Gasteiger partial charge on any atom is -0.496 e. The highest BCUT2D eigenvalue weighted by Crippen LogP contribution is 2.39. The van der Waals surface area contributed by atoms with Crippen molar-refractivity contribution in [1.82, 2.24) is 0 Å². The van der Waals surface area contributed by atoms with Crippen molar-refractivity contribution in [3.8, 4) is 5.75 Å². The summed E-state index contributed by atoms with van der Waals surface area (Å²) in [5, 5.41) is 0. The molecule has 0 aromatic heterocycles. The van der Waals surface area contributed by atoms with Gasteiger partial charge in [-0.15, -0.1) is 0 Å². The van der Waals surface area contributed by atoms with Gasteiger partial charge in [0.05, 0.1) is 19.6 Å². The summed E-state index contributed by atoms with van der Waals surface area (Å²) >= 11 is 0. The number of rotatable bonds is 5. The lowest BCUT2D eigenvalue weighted by Gasteiger charge is -2.29. The molecule has 0 aliphatic carbocycles. The Labute approximate surface area is 147 Å². The van der Waals surface area contributed by atoms with Crippen molar-refractivity contribution in [2.24, 2.45) is 5.92 Å². The van der Waals surface area contributed by atoms with Gasteiger partial charge in [0.15, 0.2) is 0 Å².